The van der Waals surface area contributed by atoms with Gasteiger partial charge in [-0.2, -0.15) is 0 Å². The van der Waals surface area contributed by atoms with Crippen LogP contribution in [0, 0.1) is 13.8 Å². The standard InChI is InChI=1S/C14H18N2O2/c1-10-13(11(2)18-16-10)8-15-14(9-17)12-6-4-3-5-7-12/h3-7,14-15,17H,8-9H2,1-2H3/t14-/m1/s1. The minimum Gasteiger partial charge on any atom is -0.394 e. The zero-order valence-corrected chi connectivity index (χ0v) is 10.7. The summed E-state index contributed by atoms with van der Waals surface area (Å²) in [6.45, 7) is 4.52. The first-order chi connectivity index (χ1) is 8.72. The number of rotatable bonds is 5. The predicted molar refractivity (Wildman–Crippen MR) is 69.1 cm³/mol. The number of hydrogen-bond acceptors (Lipinski definition) is 4. The van der Waals surface area contributed by atoms with E-state index in [1.807, 2.05) is 44.2 Å². The Labute approximate surface area is 107 Å². The summed E-state index contributed by atoms with van der Waals surface area (Å²) in [7, 11) is 0. The first-order valence-corrected chi connectivity index (χ1v) is 6.03. The highest BCUT2D eigenvalue weighted by Crippen LogP contribution is 2.16. The number of nitrogens with one attached hydrogen (secondary N) is 1. The molecule has 0 fully saturated rings. The van der Waals surface area contributed by atoms with Gasteiger partial charge in [0, 0.05) is 12.1 Å². The second-order valence-corrected chi connectivity index (χ2v) is 4.33. The first kappa shape index (κ1) is 12.8. The molecule has 0 spiro atoms. The molecular weight excluding hydrogens is 228 g/mol. The van der Waals surface area contributed by atoms with E-state index < -0.39 is 0 Å². The molecule has 96 valence electrons. The van der Waals surface area contributed by atoms with Crippen LogP contribution in [-0.4, -0.2) is 16.9 Å². The Kier molecular flexibility index (Phi) is 4.12. The van der Waals surface area contributed by atoms with Gasteiger partial charge in [0.15, 0.2) is 0 Å². The van der Waals surface area contributed by atoms with E-state index in [9.17, 15) is 5.11 Å². The zero-order valence-electron chi connectivity index (χ0n) is 10.7. The van der Waals surface area contributed by atoms with Gasteiger partial charge in [-0.25, -0.2) is 0 Å². The van der Waals surface area contributed by atoms with Gasteiger partial charge < -0.3 is 14.9 Å². The quantitative estimate of drug-likeness (QED) is 0.848. The van der Waals surface area contributed by atoms with Crippen LogP contribution < -0.4 is 5.32 Å². The molecule has 4 heteroatoms. The van der Waals surface area contributed by atoms with E-state index in [1.54, 1.807) is 0 Å². The smallest absolute Gasteiger partial charge is 0.138 e. The number of aliphatic hydroxyl groups is 1. The summed E-state index contributed by atoms with van der Waals surface area (Å²) in [6.07, 6.45) is 0. The number of benzene rings is 1. The molecule has 0 aliphatic rings. The van der Waals surface area contributed by atoms with Crippen LogP contribution in [0.1, 0.15) is 28.6 Å². The Morgan fingerprint density at radius 2 is 2.00 bits per heavy atom. The number of aliphatic hydroxyl groups excluding tert-OH is 1. The average molecular weight is 246 g/mol. The predicted octanol–water partition coefficient (Wildman–Crippen LogP) is 2.11. The Morgan fingerprint density at radius 1 is 1.28 bits per heavy atom. The van der Waals surface area contributed by atoms with Gasteiger partial charge in [0.1, 0.15) is 5.76 Å². The van der Waals surface area contributed by atoms with Gasteiger partial charge in [-0.15, -0.1) is 0 Å². The third-order valence-corrected chi connectivity index (χ3v) is 3.09. The van der Waals surface area contributed by atoms with Gasteiger partial charge in [0.25, 0.3) is 0 Å². The van der Waals surface area contributed by atoms with Crippen LogP contribution in [-0.2, 0) is 6.54 Å². The van der Waals surface area contributed by atoms with Gasteiger partial charge in [0.05, 0.1) is 18.3 Å². The third-order valence-electron chi connectivity index (χ3n) is 3.09. The van der Waals surface area contributed by atoms with Crippen molar-refractivity contribution in [1.82, 2.24) is 10.5 Å². The average Bonchev–Trinajstić information content (AvgIpc) is 2.72. The fraction of sp³-hybridized carbons (Fsp3) is 0.357. The van der Waals surface area contributed by atoms with Gasteiger partial charge in [-0.3, -0.25) is 0 Å². The summed E-state index contributed by atoms with van der Waals surface area (Å²) >= 11 is 0. The molecule has 2 N–H and O–H groups in total. The third kappa shape index (κ3) is 2.78. The van der Waals surface area contributed by atoms with E-state index in [0.717, 1.165) is 22.6 Å². The van der Waals surface area contributed by atoms with E-state index in [1.165, 1.54) is 0 Å². The van der Waals surface area contributed by atoms with Crippen LogP contribution in [0.2, 0.25) is 0 Å². The van der Waals surface area contributed by atoms with Crippen LogP contribution in [0.5, 0.6) is 0 Å². The molecule has 0 bridgehead atoms. The molecule has 0 radical (unpaired) electrons. The molecule has 1 aromatic carbocycles. The van der Waals surface area contributed by atoms with Crippen molar-refractivity contribution in [3.05, 3.63) is 52.9 Å². The second-order valence-electron chi connectivity index (χ2n) is 4.33. The summed E-state index contributed by atoms with van der Waals surface area (Å²) in [5.74, 6) is 0.824. The second kappa shape index (κ2) is 5.80. The van der Waals surface area contributed by atoms with Crippen molar-refractivity contribution in [3.8, 4) is 0 Å². The molecule has 0 aliphatic heterocycles. The van der Waals surface area contributed by atoms with Crippen molar-refractivity contribution in [2.75, 3.05) is 6.61 Å². The van der Waals surface area contributed by atoms with Gasteiger partial charge in [-0.05, 0) is 19.4 Å². The molecule has 0 amide bonds. The van der Waals surface area contributed by atoms with E-state index in [2.05, 4.69) is 10.5 Å². The fourth-order valence-corrected chi connectivity index (χ4v) is 1.95. The fourth-order valence-electron chi connectivity index (χ4n) is 1.95. The minimum atomic E-state index is -0.0695. The van der Waals surface area contributed by atoms with Crippen molar-refractivity contribution in [1.29, 1.82) is 0 Å². The number of aryl methyl sites for hydroxylation is 2. The van der Waals surface area contributed by atoms with E-state index in [0.29, 0.717) is 6.54 Å². The summed E-state index contributed by atoms with van der Waals surface area (Å²) in [6, 6.07) is 9.83. The minimum absolute atomic E-state index is 0.0629. The van der Waals surface area contributed by atoms with Crippen LogP contribution >= 0.6 is 0 Å². The monoisotopic (exact) mass is 246 g/mol. The van der Waals surface area contributed by atoms with Crippen LogP contribution in [0.25, 0.3) is 0 Å². The Hall–Kier alpha value is -1.65. The van der Waals surface area contributed by atoms with Crippen molar-refractivity contribution >= 4 is 0 Å². The largest absolute Gasteiger partial charge is 0.394 e. The first-order valence-electron chi connectivity index (χ1n) is 6.03. The molecular formula is C14H18N2O2. The molecule has 2 aromatic rings. The molecule has 4 nitrogen and oxygen atoms in total. The molecule has 1 aromatic heterocycles. The number of hydrogen-bond donors (Lipinski definition) is 2. The van der Waals surface area contributed by atoms with E-state index >= 15 is 0 Å². The maximum atomic E-state index is 9.45. The zero-order chi connectivity index (χ0) is 13.0. The molecule has 2 rings (SSSR count). The summed E-state index contributed by atoms with van der Waals surface area (Å²) < 4.78 is 5.11. The Bertz CT molecular complexity index is 474. The highest BCUT2D eigenvalue weighted by molar-refractivity contribution is 5.22. The summed E-state index contributed by atoms with van der Waals surface area (Å²) in [5, 5.41) is 16.7. The van der Waals surface area contributed by atoms with Gasteiger partial charge in [0.2, 0.25) is 0 Å². The molecule has 1 heterocycles. The lowest BCUT2D eigenvalue weighted by atomic mass is 10.1. The van der Waals surface area contributed by atoms with E-state index in [4.69, 9.17) is 4.52 Å². The van der Waals surface area contributed by atoms with Gasteiger partial charge >= 0.3 is 0 Å². The highest BCUT2D eigenvalue weighted by Gasteiger charge is 2.13. The lowest BCUT2D eigenvalue weighted by Crippen LogP contribution is -2.24. The molecule has 1 atom stereocenters. The lowest BCUT2D eigenvalue weighted by Gasteiger charge is -2.16. The maximum absolute atomic E-state index is 9.45. The maximum Gasteiger partial charge on any atom is 0.138 e. The van der Waals surface area contributed by atoms with E-state index in [-0.39, 0.29) is 12.6 Å². The molecule has 0 aliphatic carbocycles. The van der Waals surface area contributed by atoms with Crippen LogP contribution in [0.15, 0.2) is 34.9 Å². The SMILES string of the molecule is Cc1noc(C)c1CN[C@H](CO)c1ccccc1. The normalized spacial score (nSPS) is 12.6. The highest BCUT2D eigenvalue weighted by atomic mass is 16.5. The number of aromatic nitrogens is 1. The molecule has 0 saturated heterocycles. The lowest BCUT2D eigenvalue weighted by molar-refractivity contribution is 0.243. The summed E-state index contributed by atoms with van der Waals surface area (Å²) in [4.78, 5) is 0. The molecule has 0 saturated carbocycles. The number of nitrogens with zero attached hydrogens (tertiary/aromatic N) is 1. The van der Waals surface area contributed by atoms with Crippen LogP contribution in [0.3, 0.4) is 0 Å². The molecule has 0 unspecified atom stereocenters. The Balaban J connectivity index is 2.04. The van der Waals surface area contributed by atoms with Crippen molar-refractivity contribution < 1.29 is 9.63 Å². The van der Waals surface area contributed by atoms with Gasteiger partial charge in [-0.1, -0.05) is 35.5 Å². The van der Waals surface area contributed by atoms with Crippen molar-refractivity contribution in [3.63, 3.8) is 0 Å². The Morgan fingerprint density at radius 3 is 2.56 bits per heavy atom. The van der Waals surface area contributed by atoms with Crippen molar-refractivity contribution in [2.24, 2.45) is 0 Å². The van der Waals surface area contributed by atoms with Crippen LogP contribution in [0.4, 0.5) is 0 Å². The summed E-state index contributed by atoms with van der Waals surface area (Å²) in [5.41, 5.74) is 3.03. The van der Waals surface area contributed by atoms with Crippen molar-refractivity contribution in [2.45, 2.75) is 26.4 Å². The molecule has 18 heavy (non-hydrogen) atoms. The topological polar surface area (TPSA) is 58.3 Å².